The van der Waals surface area contributed by atoms with Crippen LogP contribution in [0.3, 0.4) is 0 Å². The summed E-state index contributed by atoms with van der Waals surface area (Å²) >= 11 is 0. The minimum absolute atomic E-state index is 0.166. The topological polar surface area (TPSA) is 43.4 Å². The second-order valence-corrected chi connectivity index (χ2v) is 4.51. The molecule has 1 saturated carbocycles. The Balaban J connectivity index is 2.13. The number of Topliss-reactive ketones (excluding diaryl/α,β-unsaturated/α-hetero) is 1. The highest BCUT2D eigenvalue weighted by molar-refractivity contribution is 5.89. The van der Waals surface area contributed by atoms with Crippen LogP contribution in [0.4, 0.5) is 0 Å². The Kier molecular flexibility index (Phi) is 3.27. The molecule has 90 valence electrons. The molecule has 2 atom stereocenters. The SMILES string of the molecule is COC(=O)c1ccc([C@@H]2CC[C@@H]2C(C)=O)cc1. The number of carbonyl (C=O) groups excluding carboxylic acids is 2. The summed E-state index contributed by atoms with van der Waals surface area (Å²) in [4.78, 5) is 22.6. The quantitative estimate of drug-likeness (QED) is 0.752. The van der Waals surface area contributed by atoms with Gasteiger partial charge in [-0.1, -0.05) is 12.1 Å². The molecule has 3 nitrogen and oxygen atoms in total. The van der Waals surface area contributed by atoms with Gasteiger partial charge in [-0.25, -0.2) is 4.79 Å². The van der Waals surface area contributed by atoms with E-state index in [4.69, 9.17) is 0 Å². The Labute approximate surface area is 101 Å². The smallest absolute Gasteiger partial charge is 0.337 e. The first-order valence-corrected chi connectivity index (χ1v) is 5.82. The van der Waals surface area contributed by atoms with E-state index in [0.717, 1.165) is 18.4 Å². The first-order valence-electron chi connectivity index (χ1n) is 5.82. The molecule has 3 heteroatoms. The van der Waals surface area contributed by atoms with E-state index in [0.29, 0.717) is 11.5 Å². The summed E-state index contributed by atoms with van der Waals surface area (Å²) in [5.41, 5.74) is 1.69. The third-order valence-corrected chi connectivity index (χ3v) is 3.56. The van der Waals surface area contributed by atoms with E-state index in [1.54, 1.807) is 19.1 Å². The largest absolute Gasteiger partial charge is 0.465 e. The van der Waals surface area contributed by atoms with Gasteiger partial charge in [-0.05, 0) is 43.4 Å². The molecule has 1 aromatic carbocycles. The highest BCUT2D eigenvalue weighted by Crippen LogP contribution is 2.42. The van der Waals surface area contributed by atoms with E-state index in [1.807, 2.05) is 12.1 Å². The zero-order valence-electron chi connectivity index (χ0n) is 10.1. The van der Waals surface area contributed by atoms with Crippen molar-refractivity contribution >= 4 is 11.8 Å². The molecule has 0 radical (unpaired) electrons. The van der Waals surface area contributed by atoms with Crippen molar-refractivity contribution in [1.29, 1.82) is 0 Å². The van der Waals surface area contributed by atoms with Gasteiger partial charge in [0.2, 0.25) is 0 Å². The fourth-order valence-electron chi connectivity index (χ4n) is 2.37. The monoisotopic (exact) mass is 232 g/mol. The van der Waals surface area contributed by atoms with Gasteiger partial charge in [-0.15, -0.1) is 0 Å². The van der Waals surface area contributed by atoms with Gasteiger partial charge in [0.15, 0.2) is 0 Å². The number of hydrogen-bond acceptors (Lipinski definition) is 3. The number of esters is 1. The number of benzene rings is 1. The normalized spacial score (nSPS) is 22.7. The number of rotatable bonds is 3. The van der Waals surface area contributed by atoms with E-state index in [1.165, 1.54) is 7.11 Å². The van der Waals surface area contributed by atoms with Crippen molar-refractivity contribution in [2.45, 2.75) is 25.7 Å². The van der Waals surface area contributed by atoms with Gasteiger partial charge in [0, 0.05) is 5.92 Å². The molecular weight excluding hydrogens is 216 g/mol. The van der Waals surface area contributed by atoms with Gasteiger partial charge in [0.1, 0.15) is 5.78 Å². The molecule has 0 unspecified atom stereocenters. The summed E-state index contributed by atoms with van der Waals surface area (Å²) in [7, 11) is 1.37. The number of ether oxygens (including phenoxy) is 1. The van der Waals surface area contributed by atoms with Crippen molar-refractivity contribution in [3.8, 4) is 0 Å². The second-order valence-electron chi connectivity index (χ2n) is 4.51. The lowest BCUT2D eigenvalue weighted by atomic mass is 9.68. The van der Waals surface area contributed by atoms with Gasteiger partial charge in [-0.3, -0.25) is 4.79 Å². The number of carbonyl (C=O) groups is 2. The predicted molar refractivity (Wildman–Crippen MR) is 63.9 cm³/mol. The molecule has 0 heterocycles. The zero-order chi connectivity index (χ0) is 12.4. The van der Waals surface area contributed by atoms with Crippen LogP contribution >= 0.6 is 0 Å². The molecule has 0 aromatic heterocycles. The van der Waals surface area contributed by atoms with Crippen LogP contribution in [-0.2, 0) is 9.53 Å². The van der Waals surface area contributed by atoms with Gasteiger partial charge >= 0.3 is 5.97 Å². The average molecular weight is 232 g/mol. The summed E-state index contributed by atoms with van der Waals surface area (Å²) < 4.78 is 4.64. The van der Waals surface area contributed by atoms with Crippen LogP contribution < -0.4 is 0 Å². The van der Waals surface area contributed by atoms with Crippen LogP contribution in [-0.4, -0.2) is 18.9 Å². The molecule has 2 rings (SSSR count). The van der Waals surface area contributed by atoms with Crippen LogP contribution in [0, 0.1) is 5.92 Å². The molecule has 0 saturated heterocycles. The second kappa shape index (κ2) is 4.70. The van der Waals surface area contributed by atoms with Crippen LogP contribution in [0.5, 0.6) is 0 Å². The molecule has 1 fully saturated rings. The fourth-order valence-corrected chi connectivity index (χ4v) is 2.37. The van der Waals surface area contributed by atoms with Gasteiger partial charge in [0.05, 0.1) is 12.7 Å². The minimum Gasteiger partial charge on any atom is -0.465 e. The first kappa shape index (κ1) is 11.8. The molecule has 1 aromatic rings. The lowest BCUT2D eigenvalue weighted by molar-refractivity contribution is -0.123. The minimum atomic E-state index is -0.326. The molecule has 0 N–H and O–H groups in total. The summed E-state index contributed by atoms with van der Waals surface area (Å²) in [5.74, 6) is 0.435. The lowest BCUT2D eigenvalue weighted by Gasteiger charge is -2.35. The highest BCUT2D eigenvalue weighted by atomic mass is 16.5. The standard InChI is InChI=1S/C14H16O3/c1-9(15)12-7-8-13(12)10-3-5-11(6-4-10)14(16)17-2/h3-6,12-13H,7-8H2,1-2H3/t12-,13+/m1/s1. The van der Waals surface area contributed by atoms with E-state index in [2.05, 4.69) is 4.74 Å². The Morgan fingerprint density at radius 2 is 1.82 bits per heavy atom. The maximum Gasteiger partial charge on any atom is 0.337 e. The summed E-state index contributed by atoms with van der Waals surface area (Å²) in [6, 6.07) is 7.37. The predicted octanol–water partition coefficient (Wildman–Crippen LogP) is 2.56. The third-order valence-electron chi connectivity index (χ3n) is 3.56. The molecule has 17 heavy (non-hydrogen) atoms. The molecule has 1 aliphatic rings. The Bertz CT molecular complexity index is 433. The third kappa shape index (κ3) is 2.23. The van der Waals surface area contributed by atoms with Gasteiger partial charge in [-0.2, -0.15) is 0 Å². The number of methoxy groups -OCH3 is 1. The van der Waals surface area contributed by atoms with Crippen LogP contribution in [0.2, 0.25) is 0 Å². The molecule has 0 amide bonds. The Hall–Kier alpha value is -1.64. The fraction of sp³-hybridized carbons (Fsp3) is 0.429. The maximum absolute atomic E-state index is 11.4. The molecule has 0 bridgehead atoms. The van der Waals surface area contributed by atoms with Crippen molar-refractivity contribution in [3.63, 3.8) is 0 Å². The number of ketones is 1. The maximum atomic E-state index is 11.4. The summed E-state index contributed by atoms with van der Waals surface area (Å²) in [5, 5.41) is 0. The highest BCUT2D eigenvalue weighted by Gasteiger charge is 2.35. The van der Waals surface area contributed by atoms with Crippen molar-refractivity contribution in [3.05, 3.63) is 35.4 Å². The van der Waals surface area contributed by atoms with Crippen LogP contribution in [0.15, 0.2) is 24.3 Å². The Morgan fingerprint density at radius 1 is 1.18 bits per heavy atom. The van der Waals surface area contributed by atoms with E-state index < -0.39 is 0 Å². The summed E-state index contributed by atoms with van der Waals surface area (Å²) in [6.07, 6.45) is 2.04. The van der Waals surface area contributed by atoms with Crippen molar-refractivity contribution in [2.24, 2.45) is 5.92 Å². The van der Waals surface area contributed by atoms with Crippen molar-refractivity contribution < 1.29 is 14.3 Å². The van der Waals surface area contributed by atoms with Gasteiger partial charge < -0.3 is 4.74 Å². The van der Waals surface area contributed by atoms with Crippen molar-refractivity contribution in [1.82, 2.24) is 0 Å². The number of hydrogen-bond donors (Lipinski definition) is 0. The van der Waals surface area contributed by atoms with Crippen molar-refractivity contribution in [2.75, 3.05) is 7.11 Å². The van der Waals surface area contributed by atoms with E-state index in [9.17, 15) is 9.59 Å². The molecule has 0 aliphatic heterocycles. The first-order chi connectivity index (χ1) is 8.13. The Morgan fingerprint density at radius 3 is 2.24 bits per heavy atom. The van der Waals surface area contributed by atoms with Crippen LogP contribution in [0.25, 0.3) is 0 Å². The average Bonchev–Trinajstić information content (AvgIpc) is 2.27. The van der Waals surface area contributed by atoms with Gasteiger partial charge in [0.25, 0.3) is 0 Å². The molecule has 0 spiro atoms. The lowest BCUT2D eigenvalue weighted by Crippen LogP contribution is -2.29. The zero-order valence-corrected chi connectivity index (χ0v) is 10.1. The summed E-state index contributed by atoms with van der Waals surface area (Å²) in [6.45, 7) is 1.65. The van der Waals surface area contributed by atoms with E-state index in [-0.39, 0.29) is 17.7 Å². The van der Waals surface area contributed by atoms with E-state index >= 15 is 0 Å². The van der Waals surface area contributed by atoms with Crippen LogP contribution in [0.1, 0.15) is 41.6 Å². The molecule has 1 aliphatic carbocycles. The molecular formula is C14H16O3.